The maximum Gasteiger partial charge on any atom is 0.252 e. The van der Waals surface area contributed by atoms with Crippen molar-refractivity contribution in [3.63, 3.8) is 0 Å². The van der Waals surface area contributed by atoms with Crippen LogP contribution in [0.2, 0.25) is 0 Å². The van der Waals surface area contributed by atoms with Crippen molar-refractivity contribution < 1.29 is 17.9 Å². The second-order valence-electron chi connectivity index (χ2n) is 5.99. The molecular formula is C15H22N2O4S2. The van der Waals surface area contributed by atoms with E-state index in [0.29, 0.717) is 36.7 Å². The lowest BCUT2D eigenvalue weighted by Gasteiger charge is -2.30. The number of amides is 1. The molecule has 1 atom stereocenters. The zero-order chi connectivity index (χ0) is 16.3. The third kappa shape index (κ3) is 3.93. The Balaban J connectivity index is 1.49. The highest BCUT2D eigenvalue weighted by molar-refractivity contribution is 7.91. The smallest absolute Gasteiger partial charge is 0.252 e. The number of piperidine rings is 1. The summed E-state index contributed by atoms with van der Waals surface area (Å²) in [5.41, 5.74) is 0. The van der Waals surface area contributed by atoms with E-state index in [-0.39, 0.29) is 17.9 Å². The summed E-state index contributed by atoms with van der Waals surface area (Å²) < 4.78 is 32.2. The number of nitrogens with one attached hydrogen (secondary N) is 1. The Labute approximate surface area is 140 Å². The predicted octanol–water partition coefficient (Wildman–Crippen LogP) is 1.44. The molecule has 0 unspecified atom stereocenters. The van der Waals surface area contributed by atoms with Gasteiger partial charge in [-0.1, -0.05) is 6.07 Å². The molecule has 1 N–H and O–H groups in total. The number of ether oxygens (including phenoxy) is 1. The van der Waals surface area contributed by atoms with Crippen LogP contribution >= 0.6 is 11.3 Å². The summed E-state index contributed by atoms with van der Waals surface area (Å²) in [6, 6.07) is 3.36. The SMILES string of the molecule is O=C(NC[C@H]1CCCO1)C1CCN(S(=O)(=O)c2cccs2)CC1. The fourth-order valence-electron chi connectivity index (χ4n) is 3.06. The van der Waals surface area contributed by atoms with Crippen LogP contribution in [0.1, 0.15) is 25.7 Å². The molecule has 8 heteroatoms. The van der Waals surface area contributed by atoms with Crippen LogP contribution in [0.4, 0.5) is 0 Å². The van der Waals surface area contributed by atoms with Crippen LogP contribution in [0, 0.1) is 5.92 Å². The molecule has 0 spiro atoms. The standard InChI is InChI=1S/C15H22N2O4S2/c18-15(16-11-13-3-1-9-21-13)12-5-7-17(8-6-12)23(19,20)14-4-2-10-22-14/h2,4,10,12-13H,1,3,5-9,11H2,(H,16,18)/t13-/m1/s1. The van der Waals surface area contributed by atoms with Gasteiger partial charge < -0.3 is 10.1 Å². The molecule has 0 bridgehead atoms. The first kappa shape index (κ1) is 16.9. The van der Waals surface area contributed by atoms with E-state index in [2.05, 4.69) is 5.32 Å². The lowest BCUT2D eigenvalue weighted by molar-refractivity contribution is -0.126. The summed E-state index contributed by atoms with van der Waals surface area (Å²) in [4.78, 5) is 12.2. The fraction of sp³-hybridized carbons (Fsp3) is 0.667. The summed E-state index contributed by atoms with van der Waals surface area (Å²) in [7, 11) is -3.39. The van der Waals surface area contributed by atoms with Crippen molar-refractivity contribution in [1.82, 2.24) is 9.62 Å². The summed E-state index contributed by atoms with van der Waals surface area (Å²) in [5, 5.41) is 4.71. The third-order valence-electron chi connectivity index (χ3n) is 4.44. The molecule has 2 aliphatic rings. The maximum atomic E-state index is 12.4. The molecule has 3 rings (SSSR count). The first-order valence-corrected chi connectivity index (χ1v) is 10.3. The van der Waals surface area contributed by atoms with Gasteiger partial charge in [-0.25, -0.2) is 8.42 Å². The molecule has 1 amide bonds. The van der Waals surface area contributed by atoms with Gasteiger partial charge in [-0.15, -0.1) is 11.3 Å². The molecule has 0 saturated carbocycles. The van der Waals surface area contributed by atoms with E-state index in [4.69, 9.17) is 4.74 Å². The third-order valence-corrected chi connectivity index (χ3v) is 7.71. The van der Waals surface area contributed by atoms with Crippen molar-refractivity contribution >= 4 is 27.3 Å². The molecule has 0 aliphatic carbocycles. The van der Waals surface area contributed by atoms with Crippen LogP contribution < -0.4 is 5.32 Å². The highest BCUT2D eigenvalue weighted by Gasteiger charge is 2.32. The second kappa shape index (κ2) is 7.29. The second-order valence-corrected chi connectivity index (χ2v) is 9.10. The summed E-state index contributed by atoms with van der Waals surface area (Å²) in [6.07, 6.45) is 3.33. The Morgan fingerprint density at radius 2 is 2.13 bits per heavy atom. The van der Waals surface area contributed by atoms with Crippen LogP contribution in [-0.4, -0.2) is 51.0 Å². The monoisotopic (exact) mass is 358 g/mol. The van der Waals surface area contributed by atoms with Crippen molar-refractivity contribution in [1.29, 1.82) is 0 Å². The molecule has 2 aliphatic heterocycles. The number of hydrogen-bond donors (Lipinski definition) is 1. The van der Waals surface area contributed by atoms with Gasteiger partial charge in [-0.05, 0) is 37.1 Å². The quantitative estimate of drug-likeness (QED) is 0.864. The summed E-state index contributed by atoms with van der Waals surface area (Å²) in [6.45, 7) is 2.14. The van der Waals surface area contributed by atoms with Gasteiger partial charge in [0, 0.05) is 32.2 Å². The molecule has 0 aromatic carbocycles. The molecule has 1 aromatic rings. The van der Waals surface area contributed by atoms with Crippen molar-refractivity contribution in [2.75, 3.05) is 26.2 Å². The largest absolute Gasteiger partial charge is 0.376 e. The van der Waals surface area contributed by atoms with Gasteiger partial charge >= 0.3 is 0 Å². The highest BCUT2D eigenvalue weighted by atomic mass is 32.2. The maximum absolute atomic E-state index is 12.4. The molecule has 1 aromatic heterocycles. The van der Waals surface area contributed by atoms with Crippen molar-refractivity contribution in [3.8, 4) is 0 Å². The normalized spacial score (nSPS) is 23.9. The van der Waals surface area contributed by atoms with Crippen LogP contribution in [0.3, 0.4) is 0 Å². The van der Waals surface area contributed by atoms with Crippen LogP contribution in [0.5, 0.6) is 0 Å². The lowest BCUT2D eigenvalue weighted by Crippen LogP contribution is -2.44. The number of thiophene rings is 1. The van der Waals surface area contributed by atoms with Crippen LogP contribution in [-0.2, 0) is 19.6 Å². The van der Waals surface area contributed by atoms with E-state index >= 15 is 0 Å². The van der Waals surface area contributed by atoms with Crippen LogP contribution in [0.25, 0.3) is 0 Å². The molecule has 6 nitrogen and oxygen atoms in total. The van der Waals surface area contributed by atoms with E-state index in [0.717, 1.165) is 19.4 Å². The van der Waals surface area contributed by atoms with Gasteiger partial charge in [-0.3, -0.25) is 4.79 Å². The number of carbonyl (C=O) groups is 1. The molecule has 3 heterocycles. The first-order valence-electron chi connectivity index (χ1n) is 8.00. The van der Waals surface area contributed by atoms with E-state index in [1.54, 1.807) is 17.5 Å². The molecule has 2 fully saturated rings. The Bertz CT molecular complexity index is 616. The number of nitrogens with zero attached hydrogens (tertiary/aromatic N) is 1. The van der Waals surface area contributed by atoms with E-state index in [1.165, 1.54) is 15.6 Å². The zero-order valence-electron chi connectivity index (χ0n) is 12.9. The molecular weight excluding hydrogens is 336 g/mol. The molecule has 128 valence electrons. The minimum absolute atomic E-state index is 0.0219. The Morgan fingerprint density at radius 1 is 1.35 bits per heavy atom. The van der Waals surface area contributed by atoms with Gasteiger partial charge in [0.15, 0.2) is 0 Å². The predicted molar refractivity (Wildman–Crippen MR) is 87.8 cm³/mol. The van der Waals surface area contributed by atoms with Gasteiger partial charge in [0.05, 0.1) is 6.10 Å². The number of sulfonamides is 1. The van der Waals surface area contributed by atoms with E-state index < -0.39 is 10.0 Å². The minimum atomic E-state index is -3.39. The topological polar surface area (TPSA) is 75.7 Å². The minimum Gasteiger partial charge on any atom is -0.376 e. The molecule has 0 radical (unpaired) electrons. The first-order chi connectivity index (χ1) is 11.1. The average Bonchev–Trinajstić information content (AvgIpc) is 3.26. The van der Waals surface area contributed by atoms with E-state index in [9.17, 15) is 13.2 Å². The lowest BCUT2D eigenvalue weighted by atomic mass is 9.97. The summed E-state index contributed by atoms with van der Waals surface area (Å²) >= 11 is 1.23. The number of rotatable bonds is 5. The highest BCUT2D eigenvalue weighted by Crippen LogP contribution is 2.26. The Hall–Kier alpha value is -0.960. The Morgan fingerprint density at radius 3 is 2.74 bits per heavy atom. The van der Waals surface area contributed by atoms with Gasteiger partial charge in [-0.2, -0.15) is 4.31 Å². The van der Waals surface area contributed by atoms with Gasteiger partial charge in [0.2, 0.25) is 5.91 Å². The van der Waals surface area contributed by atoms with Crippen molar-refractivity contribution in [2.45, 2.75) is 36.0 Å². The van der Waals surface area contributed by atoms with Gasteiger partial charge in [0.1, 0.15) is 4.21 Å². The number of hydrogen-bond acceptors (Lipinski definition) is 5. The Kier molecular flexibility index (Phi) is 5.35. The van der Waals surface area contributed by atoms with Crippen molar-refractivity contribution in [2.24, 2.45) is 5.92 Å². The van der Waals surface area contributed by atoms with Gasteiger partial charge in [0.25, 0.3) is 10.0 Å². The van der Waals surface area contributed by atoms with Crippen LogP contribution in [0.15, 0.2) is 21.7 Å². The molecule has 23 heavy (non-hydrogen) atoms. The zero-order valence-corrected chi connectivity index (χ0v) is 14.6. The average molecular weight is 358 g/mol. The fourth-order valence-corrected chi connectivity index (χ4v) is 5.67. The molecule has 2 saturated heterocycles. The number of carbonyl (C=O) groups excluding carboxylic acids is 1. The summed E-state index contributed by atoms with van der Waals surface area (Å²) in [5.74, 6) is -0.0835. The van der Waals surface area contributed by atoms with E-state index in [1.807, 2.05) is 0 Å². The van der Waals surface area contributed by atoms with Crippen molar-refractivity contribution in [3.05, 3.63) is 17.5 Å².